The predicted octanol–water partition coefficient (Wildman–Crippen LogP) is 2.44. The van der Waals surface area contributed by atoms with E-state index >= 15 is 0 Å². The Hall–Kier alpha value is -2.38. The number of ether oxygens (including phenoxy) is 1. The fourth-order valence-electron chi connectivity index (χ4n) is 2.53. The number of amides is 1. The van der Waals surface area contributed by atoms with Crippen molar-refractivity contribution in [3.05, 3.63) is 59.2 Å². The zero-order valence-electron chi connectivity index (χ0n) is 15.2. The summed E-state index contributed by atoms with van der Waals surface area (Å²) < 4.78 is 28.1. The van der Waals surface area contributed by atoms with E-state index in [4.69, 9.17) is 9.88 Å². The van der Waals surface area contributed by atoms with E-state index in [-0.39, 0.29) is 16.2 Å². The summed E-state index contributed by atoms with van der Waals surface area (Å²) in [7, 11) is -2.48. The van der Waals surface area contributed by atoms with E-state index in [9.17, 15) is 13.2 Å². The van der Waals surface area contributed by atoms with E-state index in [0.29, 0.717) is 18.9 Å². The summed E-state index contributed by atoms with van der Waals surface area (Å²) >= 11 is 0. The van der Waals surface area contributed by atoms with E-state index in [1.165, 1.54) is 30.9 Å². The Kier molecular flexibility index (Phi) is 6.39. The molecule has 0 saturated heterocycles. The summed E-state index contributed by atoms with van der Waals surface area (Å²) in [6.07, 6.45) is 0.668. The molecule has 6 nitrogen and oxygen atoms in total. The van der Waals surface area contributed by atoms with Gasteiger partial charge >= 0.3 is 0 Å². The van der Waals surface area contributed by atoms with Gasteiger partial charge < -0.3 is 10.1 Å². The Morgan fingerprint density at radius 1 is 1.15 bits per heavy atom. The molecule has 7 heteroatoms. The average molecular weight is 376 g/mol. The van der Waals surface area contributed by atoms with E-state index in [1.54, 1.807) is 0 Å². The SMILES string of the molecule is COc1ccc(S(N)(=O)=O)cc1C(=O)NCCc1ccc(C(C)C)cc1. The van der Waals surface area contributed by atoms with E-state index in [0.717, 1.165) is 5.56 Å². The van der Waals surface area contributed by atoms with Crippen molar-refractivity contribution >= 4 is 15.9 Å². The molecule has 0 aliphatic heterocycles. The second kappa shape index (κ2) is 8.33. The number of carbonyl (C=O) groups is 1. The molecule has 0 saturated carbocycles. The van der Waals surface area contributed by atoms with Crippen molar-refractivity contribution in [3.63, 3.8) is 0 Å². The number of methoxy groups -OCH3 is 1. The lowest BCUT2D eigenvalue weighted by molar-refractivity contribution is 0.0951. The van der Waals surface area contributed by atoms with Crippen molar-refractivity contribution in [1.82, 2.24) is 5.32 Å². The standard InChI is InChI=1S/C19H24N2O4S/c1-13(2)15-6-4-14(5-7-15)10-11-21-19(22)17-12-16(26(20,23)24)8-9-18(17)25-3/h4-9,12-13H,10-11H2,1-3H3,(H,21,22)(H2,20,23,24). The van der Waals surface area contributed by atoms with Gasteiger partial charge in [-0.05, 0) is 41.7 Å². The third-order valence-electron chi connectivity index (χ3n) is 4.09. The molecule has 140 valence electrons. The minimum atomic E-state index is -3.89. The first kappa shape index (κ1) is 19.9. The van der Waals surface area contributed by atoms with Crippen LogP contribution in [-0.2, 0) is 16.4 Å². The topological polar surface area (TPSA) is 98.5 Å². The van der Waals surface area contributed by atoms with Crippen LogP contribution < -0.4 is 15.2 Å². The van der Waals surface area contributed by atoms with Crippen molar-refractivity contribution in [2.24, 2.45) is 5.14 Å². The average Bonchev–Trinajstić information content (AvgIpc) is 2.60. The number of sulfonamides is 1. The number of hydrogen-bond donors (Lipinski definition) is 2. The monoisotopic (exact) mass is 376 g/mol. The summed E-state index contributed by atoms with van der Waals surface area (Å²) in [4.78, 5) is 12.3. The highest BCUT2D eigenvalue weighted by atomic mass is 32.2. The minimum absolute atomic E-state index is 0.132. The van der Waals surface area contributed by atoms with Gasteiger partial charge in [0.05, 0.1) is 17.6 Å². The first-order valence-corrected chi connectivity index (χ1v) is 9.85. The van der Waals surface area contributed by atoms with Crippen molar-refractivity contribution in [3.8, 4) is 5.75 Å². The van der Waals surface area contributed by atoms with Gasteiger partial charge in [0.25, 0.3) is 5.91 Å². The second-order valence-corrected chi connectivity index (χ2v) is 7.87. The van der Waals surface area contributed by atoms with Crippen molar-refractivity contribution in [2.45, 2.75) is 31.1 Å². The third kappa shape index (κ3) is 5.06. The molecule has 0 fully saturated rings. The molecule has 2 aromatic carbocycles. The Morgan fingerprint density at radius 3 is 2.35 bits per heavy atom. The quantitative estimate of drug-likeness (QED) is 0.775. The Morgan fingerprint density at radius 2 is 1.81 bits per heavy atom. The largest absolute Gasteiger partial charge is 0.496 e. The summed E-state index contributed by atoms with van der Waals surface area (Å²) in [5, 5.41) is 7.91. The number of nitrogens with one attached hydrogen (secondary N) is 1. The molecule has 0 radical (unpaired) electrons. The van der Waals surface area contributed by atoms with Gasteiger partial charge in [0.1, 0.15) is 5.75 Å². The maximum absolute atomic E-state index is 12.4. The molecule has 2 aromatic rings. The van der Waals surface area contributed by atoms with Crippen LogP contribution in [0.1, 0.15) is 41.3 Å². The van der Waals surface area contributed by atoms with Crippen LogP contribution in [0.3, 0.4) is 0 Å². The van der Waals surface area contributed by atoms with Crippen molar-refractivity contribution in [2.75, 3.05) is 13.7 Å². The Bertz CT molecular complexity index is 875. The molecular formula is C19H24N2O4S. The summed E-state index contributed by atoms with van der Waals surface area (Å²) in [5.74, 6) is 0.352. The van der Waals surface area contributed by atoms with Crippen molar-refractivity contribution < 1.29 is 17.9 Å². The smallest absolute Gasteiger partial charge is 0.255 e. The second-order valence-electron chi connectivity index (χ2n) is 6.31. The van der Waals surface area contributed by atoms with E-state index in [2.05, 4.69) is 31.3 Å². The maximum Gasteiger partial charge on any atom is 0.255 e. The maximum atomic E-state index is 12.4. The van der Waals surface area contributed by atoms with Crippen LogP contribution in [0, 0.1) is 0 Å². The third-order valence-corrected chi connectivity index (χ3v) is 5.00. The van der Waals surface area contributed by atoms with Gasteiger partial charge in [0.15, 0.2) is 0 Å². The number of primary sulfonamides is 1. The Balaban J connectivity index is 2.05. The summed E-state index contributed by atoms with van der Waals surface area (Å²) in [6, 6.07) is 12.2. The van der Waals surface area contributed by atoms with Gasteiger partial charge in [-0.15, -0.1) is 0 Å². The molecule has 0 bridgehead atoms. The fraction of sp³-hybridized carbons (Fsp3) is 0.316. The highest BCUT2D eigenvalue weighted by Gasteiger charge is 2.17. The first-order chi connectivity index (χ1) is 12.2. The lowest BCUT2D eigenvalue weighted by atomic mass is 10.0. The van der Waals surface area contributed by atoms with Gasteiger partial charge in [-0.1, -0.05) is 38.1 Å². The van der Waals surface area contributed by atoms with E-state index in [1.807, 2.05) is 12.1 Å². The Labute approximate surface area is 154 Å². The molecule has 0 aromatic heterocycles. The van der Waals surface area contributed by atoms with Crippen LogP contribution in [0.4, 0.5) is 0 Å². The lowest BCUT2D eigenvalue weighted by Crippen LogP contribution is -2.26. The number of nitrogens with two attached hydrogens (primary N) is 1. The summed E-state index contributed by atoms with van der Waals surface area (Å²) in [5.41, 5.74) is 2.51. The van der Waals surface area contributed by atoms with Gasteiger partial charge in [-0.2, -0.15) is 0 Å². The number of benzene rings is 2. The molecule has 3 N–H and O–H groups in total. The molecular weight excluding hydrogens is 352 g/mol. The molecule has 0 spiro atoms. The minimum Gasteiger partial charge on any atom is -0.496 e. The molecule has 0 aliphatic rings. The summed E-state index contributed by atoms with van der Waals surface area (Å²) in [6.45, 7) is 4.69. The molecule has 0 unspecified atom stereocenters. The van der Waals surface area contributed by atoms with Crippen molar-refractivity contribution in [1.29, 1.82) is 0 Å². The molecule has 26 heavy (non-hydrogen) atoms. The molecule has 1 amide bonds. The van der Waals surface area contributed by atoms with E-state index < -0.39 is 15.9 Å². The normalized spacial score (nSPS) is 11.4. The first-order valence-electron chi connectivity index (χ1n) is 8.30. The predicted molar refractivity (Wildman–Crippen MR) is 101 cm³/mol. The molecule has 0 atom stereocenters. The van der Waals surface area contributed by atoms with Crippen LogP contribution in [-0.4, -0.2) is 28.0 Å². The highest BCUT2D eigenvalue weighted by Crippen LogP contribution is 2.22. The van der Waals surface area contributed by atoms with Crippen LogP contribution in [0.5, 0.6) is 5.75 Å². The molecule has 0 heterocycles. The van der Waals surface area contributed by atoms with Crippen LogP contribution in [0.25, 0.3) is 0 Å². The van der Waals surface area contributed by atoms with Crippen LogP contribution in [0.2, 0.25) is 0 Å². The zero-order chi connectivity index (χ0) is 19.3. The lowest BCUT2D eigenvalue weighted by Gasteiger charge is -2.11. The number of hydrogen-bond acceptors (Lipinski definition) is 4. The van der Waals surface area contributed by atoms with Crippen LogP contribution >= 0.6 is 0 Å². The molecule has 0 aliphatic carbocycles. The molecule has 2 rings (SSSR count). The number of rotatable bonds is 7. The fourth-order valence-corrected chi connectivity index (χ4v) is 3.07. The highest BCUT2D eigenvalue weighted by molar-refractivity contribution is 7.89. The van der Waals surface area contributed by atoms with Gasteiger partial charge in [-0.25, -0.2) is 13.6 Å². The van der Waals surface area contributed by atoms with Gasteiger partial charge in [0, 0.05) is 6.54 Å². The zero-order valence-corrected chi connectivity index (χ0v) is 16.0. The van der Waals surface area contributed by atoms with Gasteiger partial charge in [-0.3, -0.25) is 4.79 Å². The van der Waals surface area contributed by atoms with Crippen LogP contribution in [0.15, 0.2) is 47.4 Å². The van der Waals surface area contributed by atoms with Gasteiger partial charge in [0.2, 0.25) is 10.0 Å². The number of carbonyl (C=O) groups excluding carboxylic acids is 1.